The Hall–Kier alpha value is -1.42. The summed E-state index contributed by atoms with van der Waals surface area (Å²) in [5.41, 5.74) is 0.934. The number of fused-ring (bicyclic) bond motifs is 1. The molecule has 2 heterocycles. The van der Waals surface area contributed by atoms with Gasteiger partial charge in [-0.15, -0.1) is 34.2 Å². The second-order valence-electron chi connectivity index (χ2n) is 6.77. The summed E-state index contributed by atoms with van der Waals surface area (Å²) in [7, 11) is 3.50. The smallest absolute Gasteiger partial charge is 0.191 e. The third kappa shape index (κ3) is 6.10. The zero-order chi connectivity index (χ0) is 17.6. The fourth-order valence-electron chi connectivity index (χ4n) is 2.51. The first-order valence-electron chi connectivity index (χ1n) is 8.21. The maximum absolute atomic E-state index is 5.55. The lowest BCUT2D eigenvalue weighted by atomic mass is 9.89. The van der Waals surface area contributed by atoms with Crippen molar-refractivity contribution in [3.05, 3.63) is 30.2 Å². The molecule has 0 bridgehead atoms. The summed E-state index contributed by atoms with van der Waals surface area (Å²) < 4.78 is 7.55. The van der Waals surface area contributed by atoms with Gasteiger partial charge in [0.25, 0.3) is 0 Å². The average Bonchev–Trinajstić information content (AvgIpc) is 2.96. The number of hydrogen-bond acceptors (Lipinski definition) is 4. The van der Waals surface area contributed by atoms with Gasteiger partial charge in [-0.25, -0.2) is 0 Å². The van der Waals surface area contributed by atoms with Gasteiger partial charge in [0.1, 0.15) is 5.82 Å². The minimum atomic E-state index is 0. The Bertz CT molecular complexity index is 679. The first-order chi connectivity index (χ1) is 11.5. The molecule has 0 spiro atoms. The van der Waals surface area contributed by atoms with E-state index in [-0.39, 0.29) is 35.5 Å². The second-order valence-corrected chi connectivity index (χ2v) is 6.77. The molecule has 0 amide bonds. The van der Waals surface area contributed by atoms with Crippen molar-refractivity contribution in [2.45, 2.75) is 33.3 Å². The monoisotopic (exact) mass is 460 g/mol. The molecule has 140 valence electrons. The van der Waals surface area contributed by atoms with Crippen molar-refractivity contribution in [2.24, 2.45) is 10.4 Å². The lowest BCUT2D eigenvalue weighted by Crippen LogP contribution is -2.45. The molecule has 0 radical (unpaired) electrons. The standard InChI is InChI=1S/C17H28N6O.HI/c1-17(2,3)13(24-5)12-20-16(18-4)19-10-9-15-22-21-14-8-6-7-11-23(14)15;/h6-8,11,13H,9-10,12H2,1-5H3,(H2,18,19,20);1H. The highest BCUT2D eigenvalue weighted by molar-refractivity contribution is 14.0. The van der Waals surface area contributed by atoms with Crippen LogP contribution in [0.5, 0.6) is 0 Å². The van der Waals surface area contributed by atoms with Gasteiger partial charge in [0.15, 0.2) is 11.6 Å². The van der Waals surface area contributed by atoms with E-state index in [1.54, 1.807) is 14.2 Å². The van der Waals surface area contributed by atoms with E-state index in [1.807, 2.05) is 28.8 Å². The molecule has 0 saturated heterocycles. The van der Waals surface area contributed by atoms with Crippen LogP contribution in [0, 0.1) is 5.41 Å². The summed E-state index contributed by atoms with van der Waals surface area (Å²) in [6.45, 7) is 7.91. The predicted octanol–water partition coefficient (Wildman–Crippen LogP) is 2.12. The minimum Gasteiger partial charge on any atom is -0.379 e. The highest BCUT2D eigenvalue weighted by Crippen LogP contribution is 2.20. The third-order valence-electron chi connectivity index (χ3n) is 3.95. The van der Waals surface area contributed by atoms with Gasteiger partial charge >= 0.3 is 0 Å². The SMILES string of the molecule is CN=C(NCCc1nnc2ccccn12)NCC(OC)C(C)(C)C.I. The van der Waals surface area contributed by atoms with Gasteiger partial charge in [0.2, 0.25) is 0 Å². The summed E-state index contributed by atoms with van der Waals surface area (Å²) >= 11 is 0. The fourth-order valence-corrected chi connectivity index (χ4v) is 2.51. The summed E-state index contributed by atoms with van der Waals surface area (Å²) in [6, 6.07) is 5.88. The lowest BCUT2D eigenvalue weighted by Gasteiger charge is -2.30. The summed E-state index contributed by atoms with van der Waals surface area (Å²) in [5, 5.41) is 15.0. The molecular formula is C17H29IN6O. The lowest BCUT2D eigenvalue weighted by molar-refractivity contribution is 0.0205. The molecule has 0 fully saturated rings. The molecule has 7 nitrogen and oxygen atoms in total. The second kappa shape index (κ2) is 9.91. The Labute approximate surface area is 166 Å². The van der Waals surface area contributed by atoms with Crippen molar-refractivity contribution in [1.29, 1.82) is 0 Å². The van der Waals surface area contributed by atoms with Crippen LogP contribution in [-0.4, -0.2) is 53.9 Å². The topological polar surface area (TPSA) is 75.8 Å². The van der Waals surface area contributed by atoms with E-state index < -0.39 is 0 Å². The number of guanidine groups is 1. The number of methoxy groups -OCH3 is 1. The van der Waals surface area contributed by atoms with E-state index in [9.17, 15) is 0 Å². The summed E-state index contributed by atoms with van der Waals surface area (Å²) in [5.74, 6) is 1.69. The van der Waals surface area contributed by atoms with Gasteiger partial charge in [-0.3, -0.25) is 9.39 Å². The number of aromatic nitrogens is 3. The van der Waals surface area contributed by atoms with E-state index >= 15 is 0 Å². The van der Waals surface area contributed by atoms with Crippen molar-refractivity contribution in [2.75, 3.05) is 27.2 Å². The first-order valence-corrected chi connectivity index (χ1v) is 8.21. The first kappa shape index (κ1) is 21.6. The van der Waals surface area contributed by atoms with Gasteiger partial charge in [0.05, 0.1) is 6.10 Å². The maximum atomic E-state index is 5.55. The molecule has 2 aromatic heterocycles. The van der Waals surface area contributed by atoms with E-state index in [0.717, 1.165) is 30.4 Å². The highest BCUT2D eigenvalue weighted by atomic mass is 127. The van der Waals surface area contributed by atoms with E-state index in [4.69, 9.17) is 4.74 Å². The van der Waals surface area contributed by atoms with E-state index in [2.05, 4.69) is 46.6 Å². The number of ether oxygens (including phenoxy) is 1. The van der Waals surface area contributed by atoms with Crippen molar-refractivity contribution >= 4 is 35.6 Å². The number of hydrogen-bond donors (Lipinski definition) is 2. The van der Waals surface area contributed by atoms with E-state index in [1.165, 1.54) is 0 Å². The summed E-state index contributed by atoms with van der Waals surface area (Å²) in [4.78, 5) is 4.25. The normalized spacial score (nSPS) is 13.4. The van der Waals surface area contributed by atoms with Gasteiger partial charge in [-0.2, -0.15) is 0 Å². The number of halogens is 1. The molecule has 25 heavy (non-hydrogen) atoms. The molecule has 0 saturated carbocycles. The van der Waals surface area contributed by atoms with Crippen LogP contribution in [-0.2, 0) is 11.2 Å². The number of aliphatic imine (C=N–C) groups is 1. The van der Waals surface area contributed by atoms with Gasteiger partial charge < -0.3 is 15.4 Å². The fraction of sp³-hybridized carbons (Fsp3) is 0.588. The van der Waals surface area contributed by atoms with Gasteiger partial charge in [-0.1, -0.05) is 26.8 Å². The largest absolute Gasteiger partial charge is 0.379 e. The van der Waals surface area contributed by atoms with Crippen molar-refractivity contribution < 1.29 is 4.74 Å². The quantitative estimate of drug-likeness (QED) is 0.393. The average molecular weight is 460 g/mol. The van der Waals surface area contributed by atoms with Crippen LogP contribution in [0.15, 0.2) is 29.4 Å². The Morgan fingerprint density at radius 1 is 1.28 bits per heavy atom. The molecule has 1 unspecified atom stereocenters. The Morgan fingerprint density at radius 2 is 2.04 bits per heavy atom. The molecular weight excluding hydrogens is 431 g/mol. The number of pyridine rings is 1. The van der Waals surface area contributed by atoms with E-state index in [0.29, 0.717) is 6.54 Å². The van der Waals surface area contributed by atoms with Gasteiger partial charge in [-0.05, 0) is 17.5 Å². The molecule has 0 aliphatic rings. The Balaban J connectivity index is 0.00000312. The van der Waals surface area contributed by atoms with Crippen molar-refractivity contribution in [1.82, 2.24) is 25.2 Å². The number of nitrogens with zero attached hydrogens (tertiary/aromatic N) is 4. The molecule has 2 rings (SSSR count). The van der Waals surface area contributed by atoms with Crippen LogP contribution < -0.4 is 10.6 Å². The van der Waals surface area contributed by atoms with Gasteiger partial charge in [0, 0.05) is 39.9 Å². The predicted molar refractivity (Wildman–Crippen MR) is 112 cm³/mol. The van der Waals surface area contributed by atoms with Crippen molar-refractivity contribution in [3.63, 3.8) is 0 Å². The molecule has 2 aromatic rings. The zero-order valence-corrected chi connectivity index (χ0v) is 17.9. The Morgan fingerprint density at radius 3 is 2.68 bits per heavy atom. The number of nitrogens with one attached hydrogen (secondary N) is 2. The van der Waals surface area contributed by atoms with Crippen LogP contribution in [0.2, 0.25) is 0 Å². The molecule has 0 aliphatic heterocycles. The van der Waals surface area contributed by atoms with Crippen LogP contribution >= 0.6 is 24.0 Å². The van der Waals surface area contributed by atoms with Crippen LogP contribution in [0.3, 0.4) is 0 Å². The number of rotatable bonds is 6. The van der Waals surface area contributed by atoms with Crippen LogP contribution in [0.1, 0.15) is 26.6 Å². The molecule has 8 heteroatoms. The molecule has 1 atom stereocenters. The van der Waals surface area contributed by atoms with Crippen molar-refractivity contribution in [3.8, 4) is 0 Å². The molecule has 0 aliphatic carbocycles. The Kier molecular flexibility index (Phi) is 8.57. The molecule has 0 aromatic carbocycles. The third-order valence-corrected chi connectivity index (χ3v) is 3.95. The van der Waals surface area contributed by atoms with Crippen LogP contribution in [0.25, 0.3) is 5.65 Å². The minimum absolute atomic E-state index is 0. The van der Waals surface area contributed by atoms with Crippen LogP contribution in [0.4, 0.5) is 0 Å². The maximum Gasteiger partial charge on any atom is 0.191 e. The summed E-state index contributed by atoms with van der Waals surface area (Å²) in [6.07, 6.45) is 2.85. The highest BCUT2D eigenvalue weighted by Gasteiger charge is 2.24. The zero-order valence-electron chi connectivity index (χ0n) is 15.6. The molecule has 2 N–H and O–H groups in total.